The van der Waals surface area contributed by atoms with Gasteiger partial charge in [0.25, 0.3) is 5.22 Å². The van der Waals surface area contributed by atoms with Crippen molar-refractivity contribution < 1.29 is 13.9 Å². The quantitative estimate of drug-likeness (QED) is 0.388. The van der Waals surface area contributed by atoms with Crippen molar-refractivity contribution in [3.63, 3.8) is 0 Å². The maximum atomic E-state index is 12.9. The number of hydrogen-bond donors (Lipinski definition) is 0. The number of benzene rings is 2. The van der Waals surface area contributed by atoms with Gasteiger partial charge in [0, 0.05) is 12.1 Å². The second-order valence-electron chi connectivity index (χ2n) is 7.16. The number of likely N-dealkylation sites (tertiary alicyclic amines) is 1. The predicted molar refractivity (Wildman–Crippen MR) is 120 cm³/mol. The van der Waals surface area contributed by atoms with Gasteiger partial charge in [-0.1, -0.05) is 23.9 Å². The highest BCUT2D eigenvalue weighted by Gasteiger charge is 2.32. The molecule has 0 aliphatic carbocycles. The lowest BCUT2D eigenvalue weighted by Crippen LogP contribution is -2.31. The Bertz CT molecular complexity index is 1170. The zero-order valence-electron chi connectivity index (χ0n) is 16.9. The third-order valence-corrected chi connectivity index (χ3v) is 7.17. The second-order valence-corrected chi connectivity index (χ2v) is 9.14. The summed E-state index contributed by atoms with van der Waals surface area (Å²) in [4.78, 5) is 19.6. The Hall–Kier alpha value is -2.91. The van der Waals surface area contributed by atoms with Crippen LogP contribution < -0.4 is 4.74 Å². The Morgan fingerprint density at radius 3 is 2.87 bits per heavy atom. The molecule has 9 heteroatoms. The summed E-state index contributed by atoms with van der Waals surface area (Å²) in [5, 5.41) is 9.56. The average Bonchev–Trinajstić information content (AvgIpc) is 3.56. The minimum Gasteiger partial charge on any atom is -0.497 e. The Labute approximate surface area is 187 Å². The van der Waals surface area contributed by atoms with Crippen LogP contribution >= 0.6 is 23.1 Å². The van der Waals surface area contributed by atoms with Gasteiger partial charge in [-0.15, -0.1) is 21.5 Å². The summed E-state index contributed by atoms with van der Waals surface area (Å²) in [7, 11) is 1.62. The highest BCUT2D eigenvalue weighted by Crippen LogP contribution is 2.37. The summed E-state index contributed by atoms with van der Waals surface area (Å²) < 4.78 is 12.0. The SMILES string of the molecule is COc1ccc(-c2nnc(SCC(=O)N3CCCC3c3nc4ccccc4s3)o2)cc1. The lowest BCUT2D eigenvalue weighted by Gasteiger charge is -2.22. The maximum absolute atomic E-state index is 12.9. The fourth-order valence-corrected chi connectivity index (χ4v) is 5.44. The molecule has 1 amide bonds. The summed E-state index contributed by atoms with van der Waals surface area (Å²) >= 11 is 2.94. The number of carbonyl (C=O) groups excluding carboxylic acids is 1. The van der Waals surface area contributed by atoms with Gasteiger partial charge in [0.15, 0.2) is 0 Å². The van der Waals surface area contributed by atoms with E-state index in [2.05, 4.69) is 16.3 Å². The Kier molecular flexibility index (Phi) is 5.61. The number of aromatic nitrogens is 3. The number of methoxy groups -OCH3 is 1. The van der Waals surface area contributed by atoms with Crippen LogP contribution in [0.4, 0.5) is 0 Å². The van der Waals surface area contributed by atoms with Crippen LogP contribution in [0.1, 0.15) is 23.9 Å². The van der Waals surface area contributed by atoms with E-state index in [1.807, 2.05) is 47.4 Å². The summed E-state index contributed by atoms with van der Waals surface area (Å²) in [6.07, 6.45) is 1.93. The van der Waals surface area contributed by atoms with Gasteiger partial charge in [-0.05, 0) is 49.2 Å². The fourth-order valence-electron chi connectivity index (χ4n) is 3.68. The number of nitrogens with zero attached hydrogens (tertiary/aromatic N) is 4. The van der Waals surface area contributed by atoms with Crippen molar-refractivity contribution in [3.8, 4) is 17.2 Å². The first kappa shape index (κ1) is 20.0. The number of rotatable bonds is 6. The molecule has 0 radical (unpaired) electrons. The van der Waals surface area contributed by atoms with Crippen LogP contribution in [0, 0.1) is 0 Å². The summed E-state index contributed by atoms with van der Waals surface area (Å²) in [5.74, 6) is 1.50. The molecule has 1 aliphatic rings. The Balaban J connectivity index is 1.24. The highest BCUT2D eigenvalue weighted by atomic mass is 32.2. The molecule has 0 bridgehead atoms. The molecule has 1 fully saturated rings. The van der Waals surface area contributed by atoms with Gasteiger partial charge in [0.05, 0.1) is 29.1 Å². The summed E-state index contributed by atoms with van der Waals surface area (Å²) in [5.41, 5.74) is 1.80. The van der Waals surface area contributed by atoms with Crippen molar-refractivity contribution >= 4 is 39.2 Å². The number of amides is 1. The first-order valence-corrected chi connectivity index (χ1v) is 11.8. The third kappa shape index (κ3) is 4.15. The van der Waals surface area contributed by atoms with E-state index in [1.165, 1.54) is 11.8 Å². The van der Waals surface area contributed by atoms with Gasteiger partial charge in [-0.25, -0.2) is 4.98 Å². The minimum absolute atomic E-state index is 0.0445. The van der Waals surface area contributed by atoms with Crippen molar-refractivity contribution in [2.24, 2.45) is 0 Å². The van der Waals surface area contributed by atoms with Crippen LogP contribution in [-0.4, -0.2) is 45.4 Å². The molecular weight excluding hydrogens is 432 g/mol. The van der Waals surface area contributed by atoms with Crippen LogP contribution in [0.5, 0.6) is 5.75 Å². The number of thioether (sulfide) groups is 1. The third-order valence-electron chi connectivity index (χ3n) is 5.23. The molecule has 0 saturated carbocycles. The predicted octanol–water partition coefficient (Wildman–Crippen LogP) is 4.81. The van der Waals surface area contributed by atoms with Gasteiger partial charge >= 0.3 is 0 Å². The van der Waals surface area contributed by atoms with E-state index in [1.54, 1.807) is 18.4 Å². The van der Waals surface area contributed by atoms with E-state index in [0.717, 1.165) is 45.9 Å². The smallest absolute Gasteiger partial charge is 0.277 e. The van der Waals surface area contributed by atoms with Crippen LogP contribution in [0.3, 0.4) is 0 Å². The molecule has 1 aliphatic heterocycles. The van der Waals surface area contributed by atoms with E-state index >= 15 is 0 Å². The van der Waals surface area contributed by atoms with Crippen molar-refractivity contribution in [2.75, 3.05) is 19.4 Å². The first-order chi connectivity index (χ1) is 15.2. The van der Waals surface area contributed by atoms with E-state index in [0.29, 0.717) is 11.1 Å². The molecular formula is C22H20N4O3S2. The molecule has 0 spiro atoms. The van der Waals surface area contributed by atoms with Crippen molar-refractivity contribution in [2.45, 2.75) is 24.1 Å². The second kappa shape index (κ2) is 8.68. The molecule has 1 atom stereocenters. The number of hydrogen-bond acceptors (Lipinski definition) is 8. The zero-order valence-corrected chi connectivity index (χ0v) is 18.5. The van der Waals surface area contributed by atoms with Crippen LogP contribution in [0.25, 0.3) is 21.7 Å². The fraction of sp³-hybridized carbons (Fsp3) is 0.273. The van der Waals surface area contributed by atoms with E-state index in [9.17, 15) is 4.79 Å². The van der Waals surface area contributed by atoms with Gasteiger partial charge in [0.1, 0.15) is 10.8 Å². The van der Waals surface area contributed by atoms with E-state index < -0.39 is 0 Å². The summed E-state index contributed by atoms with van der Waals surface area (Å²) in [6.45, 7) is 0.751. The molecule has 4 aromatic rings. The van der Waals surface area contributed by atoms with Crippen molar-refractivity contribution in [3.05, 3.63) is 53.5 Å². The van der Waals surface area contributed by atoms with E-state index in [4.69, 9.17) is 14.1 Å². The molecule has 31 heavy (non-hydrogen) atoms. The molecule has 1 saturated heterocycles. The van der Waals surface area contributed by atoms with Crippen molar-refractivity contribution in [1.29, 1.82) is 0 Å². The number of thiazole rings is 1. The van der Waals surface area contributed by atoms with Crippen molar-refractivity contribution in [1.82, 2.24) is 20.1 Å². The first-order valence-electron chi connectivity index (χ1n) is 9.97. The number of carbonyl (C=O) groups is 1. The Morgan fingerprint density at radius 1 is 1.23 bits per heavy atom. The Morgan fingerprint density at radius 2 is 2.06 bits per heavy atom. The standard InChI is InChI=1S/C22H20N4O3S2/c1-28-15-10-8-14(9-11-15)20-24-25-22(29-20)30-13-19(27)26-12-4-6-17(26)21-23-16-5-2-3-7-18(16)31-21/h2-3,5,7-11,17H,4,6,12-13H2,1H3. The lowest BCUT2D eigenvalue weighted by molar-refractivity contribution is -0.129. The van der Waals surface area contributed by atoms with Crippen LogP contribution in [0.15, 0.2) is 58.2 Å². The maximum Gasteiger partial charge on any atom is 0.277 e. The van der Waals surface area contributed by atoms with Gasteiger partial charge in [0.2, 0.25) is 11.8 Å². The monoisotopic (exact) mass is 452 g/mol. The number of fused-ring (bicyclic) bond motifs is 1. The molecule has 2 aromatic heterocycles. The summed E-state index contributed by atoms with van der Waals surface area (Å²) in [6, 6.07) is 15.5. The van der Waals surface area contributed by atoms with Gasteiger partial charge < -0.3 is 14.1 Å². The number of para-hydroxylation sites is 1. The van der Waals surface area contributed by atoms with Gasteiger partial charge in [-0.2, -0.15) is 0 Å². The van der Waals surface area contributed by atoms with Crippen LogP contribution in [0.2, 0.25) is 0 Å². The molecule has 5 rings (SSSR count). The average molecular weight is 453 g/mol. The number of ether oxygens (including phenoxy) is 1. The molecule has 0 N–H and O–H groups in total. The molecule has 2 aromatic carbocycles. The van der Waals surface area contributed by atoms with Gasteiger partial charge in [-0.3, -0.25) is 4.79 Å². The normalized spacial score (nSPS) is 16.2. The topological polar surface area (TPSA) is 81.4 Å². The highest BCUT2D eigenvalue weighted by molar-refractivity contribution is 7.99. The van der Waals surface area contributed by atoms with Crippen LogP contribution in [-0.2, 0) is 4.79 Å². The molecule has 158 valence electrons. The molecule has 7 nitrogen and oxygen atoms in total. The lowest BCUT2D eigenvalue weighted by atomic mass is 10.2. The minimum atomic E-state index is 0.0445. The molecule has 3 heterocycles. The zero-order chi connectivity index (χ0) is 21.2. The van der Waals surface area contributed by atoms with E-state index in [-0.39, 0.29) is 17.7 Å². The molecule has 1 unspecified atom stereocenters. The largest absolute Gasteiger partial charge is 0.497 e.